The third-order valence-electron chi connectivity index (χ3n) is 2.37. The second-order valence-corrected chi connectivity index (χ2v) is 3.70. The zero-order chi connectivity index (χ0) is 9.26. The summed E-state index contributed by atoms with van der Waals surface area (Å²) in [5, 5.41) is 3.16. The number of hydrogen-bond donors (Lipinski definition) is 1. The predicted molar refractivity (Wildman–Crippen MR) is 56.1 cm³/mol. The van der Waals surface area contributed by atoms with Gasteiger partial charge in [0.05, 0.1) is 12.4 Å². The first-order valence-electron chi connectivity index (χ1n) is 4.66. The van der Waals surface area contributed by atoms with E-state index >= 15 is 0 Å². The van der Waals surface area contributed by atoms with E-state index in [0.717, 1.165) is 0 Å². The molecule has 0 saturated carbocycles. The van der Waals surface area contributed by atoms with Gasteiger partial charge in [0, 0.05) is 11.3 Å². The van der Waals surface area contributed by atoms with E-state index in [9.17, 15) is 0 Å². The standard InChI is InChI=1S/C11H14N2/c1-8(2)11-9-5-3-4-6-10(9)12-7-13-11/h3-8,11H,1-2H3,(H,12,13). The zero-order valence-electron chi connectivity index (χ0n) is 7.99. The molecule has 0 bridgehead atoms. The lowest BCUT2D eigenvalue weighted by atomic mass is 9.94. The molecule has 2 nitrogen and oxygen atoms in total. The average molecular weight is 174 g/mol. The smallest absolute Gasteiger partial charge is 0.0875 e. The zero-order valence-corrected chi connectivity index (χ0v) is 7.99. The number of aliphatic imine (C=N–C) groups is 1. The van der Waals surface area contributed by atoms with Crippen LogP contribution in [-0.4, -0.2) is 6.34 Å². The molecule has 1 aliphatic heterocycles. The molecule has 0 aliphatic carbocycles. The number of nitrogens with one attached hydrogen (secondary N) is 1. The molecule has 1 N–H and O–H groups in total. The van der Waals surface area contributed by atoms with Gasteiger partial charge >= 0.3 is 0 Å². The van der Waals surface area contributed by atoms with Gasteiger partial charge in [-0.2, -0.15) is 0 Å². The fourth-order valence-corrected chi connectivity index (χ4v) is 1.69. The van der Waals surface area contributed by atoms with Crippen LogP contribution in [0.15, 0.2) is 29.3 Å². The van der Waals surface area contributed by atoms with Crippen LogP contribution in [0.25, 0.3) is 0 Å². The Morgan fingerprint density at radius 3 is 2.85 bits per heavy atom. The van der Waals surface area contributed by atoms with Gasteiger partial charge in [-0.25, -0.2) is 0 Å². The number of fused-ring (bicyclic) bond motifs is 1. The van der Waals surface area contributed by atoms with Crippen LogP contribution in [0.3, 0.4) is 0 Å². The molecule has 1 atom stereocenters. The highest BCUT2D eigenvalue weighted by atomic mass is 15.0. The van der Waals surface area contributed by atoms with Gasteiger partial charge in [-0.15, -0.1) is 0 Å². The van der Waals surface area contributed by atoms with E-state index in [4.69, 9.17) is 0 Å². The molecule has 0 radical (unpaired) electrons. The van der Waals surface area contributed by atoms with Crippen molar-refractivity contribution in [1.82, 2.24) is 0 Å². The monoisotopic (exact) mass is 174 g/mol. The molecule has 68 valence electrons. The SMILES string of the molecule is CC(C)C1N=CNc2ccccc21. The number of hydrogen-bond acceptors (Lipinski definition) is 2. The van der Waals surface area contributed by atoms with Crippen molar-refractivity contribution >= 4 is 12.0 Å². The Morgan fingerprint density at radius 1 is 1.31 bits per heavy atom. The highest BCUT2D eigenvalue weighted by Gasteiger charge is 2.19. The van der Waals surface area contributed by atoms with E-state index in [2.05, 4.69) is 42.4 Å². The Morgan fingerprint density at radius 2 is 2.08 bits per heavy atom. The highest BCUT2D eigenvalue weighted by molar-refractivity contribution is 5.80. The van der Waals surface area contributed by atoms with Crippen LogP contribution in [0.2, 0.25) is 0 Å². The van der Waals surface area contributed by atoms with E-state index in [-0.39, 0.29) is 0 Å². The minimum Gasteiger partial charge on any atom is -0.346 e. The average Bonchev–Trinajstić information content (AvgIpc) is 2.17. The number of anilines is 1. The van der Waals surface area contributed by atoms with Crippen molar-refractivity contribution in [3.63, 3.8) is 0 Å². The van der Waals surface area contributed by atoms with Crippen molar-refractivity contribution in [3.05, 3.63) is 29.8 Å². The molecule has 1 heterocycles. The lowest BCUT2D eigenvalue weighted by molar-refractivity contribution is 0.517. The van der Waals surface area contributed by atoms with Crippen LogP contribution >= 0.6 is 0 Å². The summed E-state index contributed by atoms with van der Waals surface area (Å²) >= 11 is 0. The fraction of sp³-hybridized carbons (Fsp3) is 0.364. The van der Waals surface area contributed by atoms with E-state index in [1.165, 1.54) is 11.3 Å². The number of benzene rings is 1. The van der Waals surface area contributed by atoms with Gasteiger partial charge in [0.2, 0.25) is 0 Å². The minimum atomic E-state index is 0.317. The predicted octanol–water partition coefficient (Wildman–Crippen LogP) is 2.84. The van der Waals surface area contributed by atoms with Crippen LogP contribution in [0, 0.1) is 5.92 Å². The Hall–Kier alpha value is -1.31. The lowest BCUT2D eigenvalue weighted by Crippen LogP contribution is -2.14. The van der Waals surface area contributed by atoms with Crippen molar-refractivity contribution in [2.24, 2.45) is 10.9 Å². The molecule has 1 aliphatic rings. The Bertz CT molecular complexity index is 329. The van der Waals surface area contributed by atoms with Crippen LogP contribution in [0.4, 0.5) is 5.69 Å². The third kappa shape index (κ3) is 1.44. The second kappa shape index (κ2) is 3.21. The maximum atomic E-state index is 4.43. The first-order valence-corrected chi connectivity index (χ1v) is 4.66. The van der Waals surface area contributed by atoms with Crippen molar-refractivity contribution in [1.29, 1.82) is 0 Å². The normalized spacial score (nSPS) is 19.8. The fourth-order valence-electron chi connectivity index (χ4n) is 1.69. The van der Waals surface area contributed by atoms with E-state index in [1.807, 2.05) is 6.07 Å². The van der Waals surface area contributed by atoms with Crippen LogP contribution < -0.4 is 5.32 Å². The summed E-state index contributed by atoms with van der Waals surface area (Å²) in [6, 6.07) is 8.66. The maximum absolute atomic E-state index is 4.43. The first-order chi connectivity index (χ1) is 6.29. The molecule has 13 heavy (non-hydrogen) atoms. The largest absolute Gasteiger partial charge is 0.346 e. The van der Waals surface area contributed by atoms with E-state index < -0.39 is 0 Å². The molecular weight excluding hydrogens is 160 g/mol. The van der Waals surface area contributed by atoms with Crippen molar-refractivity contribution in [3.8, 4) is 0 Å². The van der Waals surface area contributed by atoms with Gasteiger partial charge in [0.15, 0.2) is 0 Å². The Labute approximate surface area is 78.7 Å². The van der Waals surface area contributed by atoms with Crippen molar-refractivity contribution in [2.75, 3.05) is 5.32 Å². The molecule has 0 fully saturated rings. The van der Waals surface area contributed by atoms with Crippen LogP contribution in [-0.2, 0) is 0 Å². The summed E-state index contributed by atoms with van der Waals surface area (Å²) in [4.78, 5) is 4.43. The van der Waals surface area contributed by atoms with Gasteiger partial charge in [0.25, 0.3) is 0 Å². The molecule has 1 unspecified atom stereocenters. The summed E-state index contributed by atoms with van der Waals surface area (Å²) in [5.74, 6) is 0.555. The molecule has 1 aromatic rings. The van der Waals surface area contributed by atoms with Crippen molar-refractivity contribution < 1.29 is 0 Å². The topological polar surface area (TPSA) is 24.4 Å². The number of nitrogens with zero attached hydrogens (tertiary/aromatic N) is 1. The van der Waals surface area contributed by atoms with Gasteiger partial charge in [-0.05, 0) is 12.0 Å². The number of para-hydroxylation sites is 1. The molecule has 0 spiro atoms. The summed E-state index contributed by atoms with van der Waals surface area (Å²) in [6.07, 6.45) is 1.80. The summed E-state index contributed by atoms with van der Waals surface area (Å²) in [6.45, 7) is 4.40. The quantitative estimate of drug-likeness (QED) is 0.695. The maximum Gasteiger partial charge on any atom is 0.0875 e. The summed E-state index contributed by atoms with van der Waals surface area (Å²) < 4.78 is 0. The van der Waals surface area contributed by atoms with Crippen LogP contribution in [0.1, 0.15) is 25.5 Å². The Kier molecular flexibility index (Phi) is 2.05. The van der Waals surface area contributed by atoms with Gasteiger partial charge in [-0.1, -0.05) is 32.0 Å². The molecule has 0 aromatic heterocycles. The molecule has 2 heteroatoms. The van der Waals surface area contributed by atoms with Gasteiger partial charge in [-0.3, -0.25) is 4.99 Å². The van der Waals surface area contributed by atoms with E-state index in [0.29, 0.717) is 12.0 Å². The lowest BCUT2D eigenvalue weighted by Gasteiger charge is -2.23. The molecule has 2 rings (SSSR count). The second-order valence-electron chi connectivity index (χ2n) is 3.70. The van der Waals surface area contributed by atoms with Gasteiger partial charge < -0.3 is 5.32 Å². The minimum absolute atomic E-state index is 0.317. The molecule has 0 saturated heterocycles. The number of rotatable bonds is 1. The van der Waals surface area contributed by atoms with Gasteiger partial charge in [0.1, 0.15) is 0 Å². The molecule has 0 amide bonds. The molecular formula is C11H14N2. The summed E-state index contributed by atoms with van der Waals surface area (Å²) in [5.41, 5.74) is 2.50. The van der Waals surface area contributed by atoms with E-state index in [1.54, 1.807) is 6.34 Å². The first kappa shape index (κ1) is 8.30. The van der Waals surface area contributed by atoms with Crippen LogP contribution in [0.5, 0.6) is 0 Å². The van der Waals surface area contributed by atoms with Crippen molar-refractivity contribution in [2.45, 2.75) is 19.9 Å². The summed E-state index contributed by atoms with van der Waals surface area (Å²) in [7, 11) is 0. The molecule has 1 aromatic carbocycles. The highest BCUT2D eigenvalue weighted by Crippen LogP contribution is 2.33. The third-order valence-corrected chi connectivity index (χ3v) is 2.37. The Balaban J connectivity index is 2.42.